The molecule has 0 nitrogen and oxygen atoms in total. The van der Waals surface area contributed by atoms with Gasteiger partial charge in [0.25, 0.3) is 0 Å². The molecule has 2 aliphatic carbocycles. The van der Waals surface area contributed by atoms with E-state index in [1.165, 1.54) is 76.2 Å². The van der Waals surface area contributed by atoms with Crippen LogP contribution in [0.1, 0.15) is 102 Å². The maximum atomic E-state index is 15.3. The van der Waals surface area contributed by atoms with Crippen LogP contribution in [-0.2, 0) is 0 Å². The predicted molar refractivity (Wildman–Crippen MR) is 166 cm³/mol. The minimum absolute atomic E-state index is 0.212. The first kappa shape index (κ1) is 29.7. The SMILES string of the molecule is CCCCCCCC1CCC(C2CC=C(c3ccc(-c4ccc(-c5ccc(C)c(F)c5F)cc4)c(F)c3)CC2)CC1. The molecule has 0 aromatic heterocycles. The Kier molecular flexibility index (Phi) is 10.1. The van der Waals surface area contributed by atoms with Gasteiger partial charge in [-0.15, -0.1) is 0 Å². The van der Waals surface area contributed by atoms with Crippen molar-refractivity contribution in [2.24, 2.45) is 17.8 Å². The Bertz CT molecular complexity index is 1330. The molecule has 1 unspecified atom stereocenters. The molecule has 0 radical (unpaired) electrons. The normalized spacial score (nSPS) is 21.1. The molecule has 0 spiro atoms. The third-order valence-electron chi connectivity index (χ3n) is 9.85. The van der Waals surface area contributed by atoms with E-state index in [0.717, 1.165) is 41.7 Å². The summed E-state index contributed by atoms with van der Waals surface area (Å²) in [6.07, 6.45) is 19.7. The third kappa shape index (κ3) is 7.16. The van der Waals surface area contributed by atoms with Crippen LogP contribution in [0, 0.1) is 42.1 Å². The van der Waals surface area contributed by atoms with Crippen LogP contribution >= 0.6 is 0 Å². The number of halogens is 3. The zero-order valence-corrected chi connectivity index (χ0v) is 24.8. The molecule has 218 valence electrons. The zero-order chi connectivity index (χ0) is 28.8. The second kappa shape index (κ2) is 13.9. The Morgan fingerprint density at radius 2 is 1.32 bits per heavy atom. The van der Waals surface area contributed by atoms with Crippen LogP contribution in [0.2, 0.25) is 0 Å². The first-order chi connectivity index (χ1) is 19.9. The molecule has 41 heavy (non-hydrogen) atoms. The van der Waals surface area contributed by atoms with E-state index in [0.29, 0.717) is 11.1 Å². The second-order valence-corrected chi connectivity index (χ2v) is 12.6. The van der Waals surface area contributed by atoms with Crippen molar-refractivity contribution in [1.29, 1.82) is 0 Å². The average molecular weight is 559 g/mol. The molecule has 3 heteroatoms. The van der Waals surface area contributed by atoms with Crippen molar-refractivity contribution in [3.63, 3.8) is 0 Å². The number of hydrogen-bond acceptors (Lipinski definition) is 0. The minimum atomic E-state index is -0.850. The number of allylic oxidation sites excluding steroid dienone is 2. The van der Waals surface area contributed by atoms with Crippen molar-refractivity contribution < 1.29 is 13.2 Å². The largest absolute Gasteiger partial charge is 0.206 e. The Morgan fingerprint density at radius 1 is 0.659 bits per heavy atom. The molecular formula is C38H45F3. The van der Waals surface area contributed by atoms with Crippen LogP contribution in [0.4, 0.5) is 13.2 Å². The van der Waals surface area contributed by atoms with E-state index in [1.807, 2.05) is 12.1 Å². The molecule has 1 saturated carbocycles. The molecule has 0 N–H and O–H groups in total. The van der Waals surface area contributed by atoms with E-state index >= 15 is 4.39 Å². The topological polar surface area (TPSA) is 0 Å². The van der Waals surface area contributed by atoms with Crippen LogP contribution in [-0.4, -0.2) is 0 Å². The predicted octanol–water partition coefficient (Wildman–Crippen LogP) is 12.1. The molecule has 1 atom stereocenters. The van der Waals surface area contributed by atoms with E-state index in [1.54, 1.807) is 49.4 Å². The van der Waals surface area contributed by atoms with E-state index in [2.05, 4.69) is 13.0 Å². The lowest BCUT2D eigenvalue weighted by Crippen LogP contribution is -2.23. The molecule has 1 fully saturated rings. The summed E-state index contributed by atoms with van der Waals surface area (Å²) in [5.74, 6) is 0.658. The van der Waals surface area contributed by atoms with Crippen molar-refractivity contribution in [3.05, 3.63) is 89.3 Å². The van der Waals surface area contributed by atoms with Crippen LogP contribution in [0.15, 0.2) is 60.7 Å². The van der Waals surface area contributed by atoms with Crippen molar-refractivity contribution in [3.8, 4) is 22.3 Å². The van der Waals surface area contributed by atoms with Crippen LogP contribution < -0.4 is 0 Å². The molecule has 2 aliphatic rings. The van der Waals surface area contributed by atoms with Gasteiger partial charge >= 0.3 is 0 Å². The molecular weight excluding hydrogens is 513 g/mol. The molecule has 0 bridgehead atoms. The van der Waals surface area contributed by atoms with Crippen LogP contribution in [0.5, 0.6) is 0 Å². The van der Waals surface area contributed by atoms with Gasteiger partial charge < -0.3 is 0 Å². The van der Waals surface area contributed by atoms with Gasteiger partial charge in [-0.3, -0.25) is 0 Å². The molecule has 5 rings (SSSR count). The van der Waals surface area contributed by atoms with Gasteiger partial charge in [-0.2, -0.15) is 0 Å². The van der Waals surface area contributed by atoms with Gasteiger partial charge in [0.2, 0.25) is 0 Å². The van der Waals surface area contributed by atoms with E-state index in [9.17, 15) is 8.78 Å². The number of aryl methyl sites for hydroxylation is 1. The van der Waals surface area contributed by atoms with Gasteiger partial charge in [0.1, 0.15) is 5.82 Å². The molecule has 3 aromatic carbocycles. The monoisotopic (exact) mass is 558 g/mol. The minimum Gasteiger partial charge on any atom is -0.206 e. The first-order valence-electron chi connectivity index (χ1n) is 16.0. The fraction of sp³-hybridized carbons (Fsp3) is 0.474. The molecule has 0 saturated heterocycles. The van der Waals surface area contributed by atoms with Gasteiger partial charge in [0.05, 0.1) is 0 Å². The zero-order valence-electron chi connectivity index (χ0n) is 24.8. The molecule has 0 amide bonds. The summed E-state index contributed by atoms with van der Waals surface area (Å²) in [4.78, 5) is 0. The summed E-state index contributed by atoms with van der Waals surface area (Å²) in [5.41, 5.74) is 4.54. The first-order valence-corrected chi connectivity index (χ1v) is 16.0. The van der Waals surface area contributed by atoms with Crippen molar-refractivity contribution in [2.45, 2.75) is 97.3 Å². The van der Waals surface area contributed by atoms with Gasteiger partial charge in [0.15, 0.2) is 11.6 Å². The fourth-order valence-corrected chi connectivity index (χ4v) is 7.18. The summed E-state index contributed by atoms with van der Waals surface area (Å²) in [7, 11) is 0. The Balaban J connectivity index is 1.16. The fourth-order valence-electron chi connectivity index (χ4n) is 7.18. The molecule has 0 aliphatic heterocycles. The van der Waals surface area contributed by atoms with E-state index < -0.39 is 11.6 Å². The summed E-state index contributed by atoms with van der Waals surface area (Å²) in [5, 5.41) is 0. The third-order valence-corrected chi connectivity index (χ3v) is 9.85. The van der Waals surface area contributed by atoms with Gasteiger partial charge in [-0.1, -0.05) is 113 Å². The smallest absolute Gasteiger partial charge is 0.166 e. The Morgan fingerprint density at radius 3 is 1.98 bits per heavy atom. The average Bonchev–Trinajstić information content (AvgIpc) is 3.00. The maximum absolute atomic E-state index is 15.3. The van der Waals surface area contributed by atoms with Gasteiger partial charge in [-0.25, -0.2) is 13.2 Å². The lowest BCUT2D eigenvalue weighted by atomic mass is 9.70. The lowest BCUT2D eigenvalue weighted by molar-refractivity contribution is 0.187. The summed E-state index contributed by atoms with van der Waals surface area (Å²) < 4.78 is 43.8. The number of benzene rings is 3. The van der Waals surface area contributed by atoms with Crippen molar-refractivity contribution >= 4 is 5.57 Å². The Labute approximate surface area is 245 Å². The number of unbranched alkanes of at least 4 members (excludes halogenated alkanes) is 4. The standard InChI is InChI=1S/C38H45F3/c1-3-4-5-6-7-8-27-10-12-28(13-11-27)29-14-16-30(17-15-29)33-22-24-34(36(39)25-33)31-18-20-32(21-19-31)35-23-9-26(2)37(40)38(35)41/h9,16,18-25,27-29H,3-8,10-15,17H2,1-2H3. The maximum Gasteiger partial charge on any atom is 0.166 e. The number of rotatable bonds is 10. The molecule has 0 heterocycles. The highest BCUT2D eigenvalue weighted by Crippen LogP contribution is 2.42. The molecule has 3 aromatic rings. The number of hydrogen-bond donors (Lipinski definition) is 0. The summed E-state index contributed by atoms with van der Waals surface area (Å²) >= 11 is 0. The lowest BCUT2D eigenvalue weighted by Gasteiger charge is -2.35. The highest BCUT2D eigenvalue weighted by Gasteiger charge is 2.28. The van der Waals surface area contributed by atoms with E-state index in [-0.39, 0.29) is 16.9 Å². The summed E-state index contributed by atoms with van der Waals surface area (Å²) in [6, 6.07) is 15.7. The van der Waals surface area contributed by atoms with Gasteiger partial charge in [0, 0.05) is 11.1 Å². The summed E-state index contributed by atoms with van der Waals surface area (Å²) in [6.45, 7) is 3.83. The highest BCUT2D eigenvalue weighted by molar-refractivity contribution is 5.74. The Hall–Kier alpha value is -2.81. The van der Waals surface area contributed by atoms with Gasteiger partial charge in [-0.05, 0) is 90.7 Å². The quantitative estimate of drug-likeness (QED) is 0.217. The second-order valence-electron chi connectivity index (χ2n) is 12.6. The van der Waals surface area contributed by atoms with Crippen molar-refractivity contribution in [1.82, 2.24) is 0 Å². The van der Waals surface area contributed by atoms with Crippen LogP contribution in [0.25, 0.3) is 27.8 Å². The van der Waals surface area contributed by atoms with Crippen LogP contribution in [0.3, 0.4) is 0 Å². The van der Waals surface area contributed by atoms with Crippen molar-refractivity contribution in [2.75, 3.05) is 0 Å². The highest BCUT2D eigenvalue weighted by atomic mass is 19.2. The van der Waals surface area contributed by atoms with E-state index in [4.69, 9.17) is 0 Å².